The molecule has 2 aromatic rings. The second kappa shape index (κ2) is 15.7. The average Bonchev–Trinajstić information content (AvgIpc) is 3.45. The molecule has 4 amide bonds. The van der Waals surface area contributed by atoms with Crippen molar-refractivity contribution >= 4 is 40.5 Å². The van der Waals surface area contributed by atoms with Gasteiger partial charge in [0.05, 0.1) is 11.1 Å². The van der Waals surface area contributed by atoms with Crippen LogP contribution in [0.5, 0.6) is 0 Å². The van der Waals surface area contributed by atoms with Gasteiger partial charge in [-0.15, -0.1) is 0 Å². The van der Waals surface area contributed by atoms with E-state index in [0.29, 0.717) is 57.5 Å². The number of benzene rings is 1. The number of carbonyl (C=O) groups excluding carboxylic acids is 4. The van der Waals surface area contributed by atoms with Crippen LogP contribution in [0.15, 0.2) is 24.5 Å². The molecule has 4 aliphatic rings. The summed E-state index contributed by atoms with van der Waals surface area (Å²) in [5.41, 5.74) is -0.793. The number of carbonyl (C=O) groups is 4. The first-order chi connectivity index (χ1) is 25.1. The minimum Gasteiger partial charge on any atom is -0.444 e. The first-order valence-corrected chi connectivity index (χ1v) is 19.0. The van der Waals surface area contributed by atoms with Gasteiger partial charge in [0.15, 0.2) is 0 Å². The Morgan fingerprint density at radius 2 is 1.57 bits per heavy atom. The lowest BCUT2D eigenvalue weighted by atomic mass is 9.65. The lowest BCUT2D eigenvalue weighted by Gasteiger charge is -2.45. The third kappa shape index (κ3) is 9.50. The topological polar surface area (TPSA) is 146 Å². The number of anilines is 1. The standard InChI is InChI=1S/C38H52F3N7O5/c1-36(2,3)53-35(52)48-19-15-37(16-20-48)13-10-25(11-14-37)33(50)45-27-7-4-24(5-8-27)32(49)42-17-21-47-18-12-30(34(47)51)46-31-28-22-26(38(39,40)41)6-9-29(28)43-23-44-31/h6,9,22-25,27,30H,4-5,7-8,10-21H2,1-3H3,(H,42,49)(H,45,50)(H,43,44,46)/t24-,27+,30-/m0/s1. The molecule has 2 saturated carbocycles. The average molecular weight is 744 g/mol. The molecule has 1 atom stereocenters. The Hall–Kier alpha value is -4.17. The number of hydrogen-bond acceptors (Lipinski definition) is 8. The van der Waals surface area contributed by atoms with Gasteiger partial charge in [-0.2, -0.15) is 13.2 Å². The van der Waals surface area contributed by atoms with Gasteiger partial charge in [-0.3, -0.25) is 14.4 Å². The van der Waals surface area contributed by atoms with Crippen LogP contribution in [0.25, 0.3) is 10.9 Å². The molecule has 12 nitrogen and oxygen atoms in total. The van der Waals surface area contributed by atoms with Crippen molar-refractivity contribution in [3.05, 3.63) is 30.1 Å². The number of hydrogen-bond donors (Lipinski definition) is 3. The summed E-state index contributed by atoms with van der Waals surface area (Å²) >= 11 is 0. The van der Waals surface area contributed by atoms with Crippen LogP contribution in [-0.2, 0) is 25.3 Å². The zero-order valence-corrected chi connectivity index (χ0v) is 30.9. The van der Waals surface area contributed by atoms with Crippen LogP contribution < -0.4 is 16.0 Å². The van der Waals surface area contributed by atoms with Crippen molar-refractivity contribution in [3.8, 4) is 0 Å². The van der Waals surface area contributed by atoms with Gasteiger partial charge in [0.1, 0.15) is 23.8 Å². The van der Waals surface area contributed by atoms with E-state index in [2.05, 4.69) is 25.9 Å². The van der Waals surface area contributed by atoms with E-state index in [1.807, 2.05) is 25.7 Å². The molecule has 1 aromatic heterocycles. The fourth-order valence-electron chi connectivity index (χ4n) is 8.37. The number of halogens is 3. The maximum atomic E-state index is 13.3. The second-order valence-electron chi connectivity index (χ2n) is 16.4. The van der Waals surface area contributed by atoms with Crippen LogP contribution in [0.2, 0.25) is 0 Å². The molecule has 53 heavy (non-hydrogen) atoms. The molecule has 2 saturated heterocycles. The number of piperidine rings is 1. The summed E-state index contributed by atoms with van der Waals surface area (Å²) in [5, 5.41) is 9.43. The lowest BCUT2D eigenvalue weighted by molar-refractivity contribution is -0.137. The lowest BCUT2D eigenvalue weighted by Crippen LogP contribution is -2.48. The predicted molar refractivity (Wildman–Crippen MR) is 191 cm³/mol. The van der Waals surface area contributed by atoms with Gasteiger partial charge in [0.2, 0.25) is 17.7 Å². The minimum atomic E-state index is -4.52. The normalized spacial score (nSPS) is 24.0. The Bertz CT molecular complexity index is 1660. The summed E-state index contributed by atoms with van der Waals surface area (Å²) in [5.74, 6) is -0.134. The maximum absolute atomic E-state index is 13.3. The van der Waals surface area contributed by atoms with E-state index < -0.39 is 23.4 Å². The van der Waals surface area contributed by atoms with Crippen LogP contribution >= 0.6 is 0 Å². The van der Waals surface area contributed by atoms with Crippen LogP contribution in [0, 0.1) is 17.3 Å². The number of fused-ring (bicyclic) bond motifs is 1. The van der Waals surface area contributed by atoms with E-state index in [-0.39, 0.29) is 58.3 Å². The molecule has 3 heterocycles. The van der Waals surface area contributed by atoms with Crippen molar-refractivity contribution in [2.45, 2.75) is 115 Å². The Morgan fingerprint density at radius 3 is 2.23 bits per heavy atom. The van der Waals surface area contributed by atoms with E-state index in [0.717, 1.165) is 63.5 Å². The van der Waals surface area contributed by atoms with Crippen molar-refractivity contribution in [1.82, 2.24) is 30.4 Å². The summed E-state index contributed by atoms with van der Waals surface area (Å²) in [6, 6.07) is 2.64. The quantitative estimate of drug-likeness (QED) is 0.314. The molecule has 3 N–H and O–H groups in total. The smallest absolute Gasteiger partial charge is 0.416 e. The molecular weight excluding hydrogens is 691 g/mol. The van der Waals surface area contributed by atoms with Crippen molar-refractivity contribution in [3.63, 3.8) is 0 Å². The second-order valence-corrected chi connectivity index (χ2v) is 16.4. The van der Waals surface area contributed by atoms with E-state index in [1.165, 1.54) is 12.4 Å². The number of rotatable bonds is 8. The Labute approximate surface area is 308 Å². The van der Waals surface area contributed by atoms with Gasteiger partial charge in [-0.1, -0.05) is 0 Å². The molecule has 4 fully saturated rings. The third-order valence-corrected chi connectivity index (χ3v) is 11.6. The number of nitrogens with one attached hydrogen (secondary N) is 3. The van der Waals surface area contributed by atoms with Crippen molar-refractivity contribution in [1.29, 1.82) is 0 Å². The van der Waals surface area contributed by atoms with Crippen molar-refractivity contribution in [2.75, 3.05) is 38.0 Å². The van der Waals surface area contributed by atoms with Gasteiger partial charge in [-0.25, -0.2) is 14.8 Å². The monoisotopic (exact) mass is 743 g/mol. The molecule has 0 bridgehead atoms. The number of aromatic nitrogens is 2. The summed E-state index contributed by atoms with van der Waals surface area (Å²) in [6.45, 7) is 8.08. The zero-order chi connectivity index (χ0) is 38.0. The van der Waals surface area contributed by atoms with E-state index in [9.17, 15) is 32.3 Å². The molecule has 15 heteroatoms. The van der Waals surface area contributed by atoms with Gasteiger partial charge < -0.3 is 30.5 Å². The summed E-state index contributed by atoms with van der Waals surface area (Å²) in [6.07, 6.45) is 5.33. The van der Waals surface area contributed by atoms with Gasteiger partial charge in [0.25, 0.3) is 0 Å². The van der Waals surface area contributed by atoms with Crippen molar-refractivity contribution in [2.24, 2.45) is 17.3 Å². The van der Waals surface area contributed by atoms with Crippen LogP contribution in [0.3, 0.4) is 0 Å². The number of nitrogens with zero attached hydrogens (tertiary/aromatic N) is 4. The predicted octanol–water partition coefficient (Wildman–Crippen LogP) is 5.66. The Kier molecular flexibility index (Phi) is 11.4. The molecule has 2 aliphatic carbocycles. The number of ether oxygens (including phenoxy) is 1. The molecule has 290 valence electrons. The van der Waals surface area contributed by atoms with E-state index in [4.69, 9.17) is 4.74 Å². The molecule has 0 radical (unpaired) electrons. The van der Waals surface area contributed by atoms with Crippen LogP contribution in [0.4, 0.5) is 23.8 Å². The van der Waals surface area contributed by atoms with Crippen molar-refractivity contribution < 1.29 is 37.1 Å². The molecule has 1 spiro atoms. The number of amides is 4. The summed E-state index contributed by atoms with van der Waals surface area (Å²) in [7, 11) is 0. The highest BCUT2D eigenvalue weighted by Gasteiger charge is 2.42. The summed E-state index contributed by atoms with van der Waals surface area (Å²) < 4.78 is 45.5. The first kappa shape index (κ1) is 38.6. The highest BCUT2D eigenvalue weighted by molar-refractivity contribution is 5.93. The Balaban J connectivity index is 0.875. The molecule has 6 rings (SSSR count). The maximum Gasteiger partial charge on any atom is 0.416 e. The Morgan fingerprint density at radius 1 is 0.887 bits per heavy atom. The zero-order valence-electron chi connectivity index (χ0n) is 30.9. The fraction of sp³-hybridized carbons (Fsp3) is 0.684. The number of likely N-dealkylation sites (tertiary alicyclic amines) is 2. The molecule has 0 unspecified atom stereocenters. The minimum absolute atomic E-state index is 0.00354. The van der Waals surface area contributed by atoms with Gasteiger partial charge in [0, 0.05) is 56.0 Å². The highest BCUT2D eigenvalue weighted by atomic mass is 19.4. The van der Waals surface area contributed by atoms with Crippen LogP contribution in [0.1, 0.15) is 97.0 Å². The van der Waals surface area contributed by atoms with E-state index in [1.54, 1.807) is 4.90 Å². The van der Waals surface area contributed by atoms with Gasteiger partial charge in [-0.05, 0) is 115 Å². The number of alkyl halides is 3. The highest BCUT2D eigenvalue weighted by Crippen LogP contribution is 2.46. The third-order valence-electron chi connectivity index (χ3n) is 11.6. The molecule has 2 aliphatic heterocycles. The fourth-order valence-corrected chi connectivity index (χ4v) is 8.37. The van der Waals surface area contributed by atoms with Gasteiger partial charge >= 0.3 is 12.3 Å². The van der Waals surface area contributed by atoms with E-state index >= 15 is 0 Å². The molecule has 1 aromatic carbocycles. The SMILES string of the molecule is CC(C)(C)OC(=O)N1CCC2(CCC(C(=O)N[C@H]3CC[C@@H](C(=O)NCCN4CC[C@H](Nc5ncnc6ccc(C(F)(F)F)cc56)C4=O)CC3)CC2)CC1. The first-order valence-electron chi connectivity index (χ1n) is 19.0. The van der Waals surface area contributed by atoms with Crippen LogP contribution in [-0.4, -0.2) is 94.0 Å². The largest absolute Gasteiger partial charge is 0.444 e. The molecular formula is C38H52F3N7O5. The summed E-state index contributed by atoms with van der Waals surface area (Å²) in [4.78, 5) is 63.4.